The van der Waals surface area contributed by atoms with Crippen molar-refractivity contribution in [2.75, 3.05) is 0 Å². The van der Waals surface area contributed by atoms with Gasteiger partial charge >= 0.3 is 23.1 Å². The van der Waals surface area contributed by atoms with Crippen molar-refractivity contribution in [3.63, 3.8) is 0 Å². The molecule has 256 valence electrons. The first-order valence-corrected chi connectivity index (χ1v) is 15.6. The van der Waals surface area contributed by atoms with E-state index in [1.54, 1.807) is 6.08 Å². The number of hydrogen-bond donors (Lipinski definition) is 3. The fourth-order valence-electron chi connectivity index (χ4n) is 4.40. The van der Waals surface area contributed by atoms with Crippen molar-refractivity contribution in [2.45, 2.75) is 81.1 Å². The van der Waals surface area contributed by atoms with Crippen molar-refractivity contribution >= 4 is 29.2 Å². The summed E-state index contributed by atoms with van der Waals surface area (Å²) in [6.07, 6.45) is 6.89. The lowest BCUT2D eigenvalue weighted by atomic mass is 9.82. The third-order valence-electron chi connectivity index (χ3n) is 7.83. The topological polar surface area (TPSA) is 129 Å². The zero-order valence-corrected chi connectivity index (χ0v) is 27.8. The standard InChI is InChI=1S/C17H26O2.C17H24O.2CH4.2O2S/c1-5-12(2)16(18)14(4)17(19)13(3)11-15-9-7-6-8-10-15;1-5-13(2)14(3)15(4)17(18)12-11-16-9-7-6-8-10-16;;;2*1-3-2/h5-10,12-14,16-19H,1,11H2,2-4H3;5-15,17-18H,1H2,2-4H3;2*1H4;;/b;12-11+;;;;/t12-,13+,14-,16-,17-;13-,14-,15-,17-;;;;/m00..../s1. The van der Waals surface area contributed by atoms with Crippen LogP contribution in [0.3, 0.4) is 0 Å². The van der Waals surface area contributed by atoms with E-state index in [2.05, 4.69) is 46.1 Å². The van der Waals surface area contributed by atoms with E-state index >= 15 is 0 Å². The highest BCUT2D eigenvalue weighted by Gasteiger charge is 2.29. The van der Waals surface area contributed by atoms with E-state index < -0.39 is 41.5 Å². The number of hydrogen-bond acceptors (Lipinski definition) is 7. The van der Waals surface area contributed by atoms with Gasteiger partial charge in [0.1, 0.15) is 0 Å². The van der Waals surface area contributed by atoms with Crippen LogP contribution < -0.4 is 0 Å². The number of benzene rings is 2. The lowest BCUT2D eigenvalue weighted by Gasteiger charge is -2.30. The molecule has 2 rings (SSSR count). The molecule has 0 saturated carbocycles. The lowest BCUT2D eigenvalue weighted by molar-refractivity contribution is -0.0200. The monoisotopic (exact) mass is 666 g/mol. The SMILES string of the molecule is C.C.C=C[C@H](C)[C@H](C)[C@H](C)[C@@H](O)/C=C/c1ccccc1.C=C[C@H](C)[C@H](O)[C@H](C)[C@@H](O)[C@H](C)Cc1ccccc1.O=S=O.O=S=O. The van der Waals surface area contributed by atoms with Gasteiger partial charge in [-0.05, 0) is 41.2 Å². The smallest absolute Gasteiger partial charge is 0.335 e. The van der Waals surface area contributed by atoms with Gasteiger partial charge in [-0.3, -0.25) is 0 Å². The lowest BCUT2D eigenvalue weighted by Crippen LogP contribution is -2.37. The van der Waals surface area contributed by atoms with E-state index in [9.17, 15) is 15.3 Å². The number of aliphatic hydroxyl groups excluding tert-OH is 3. The van der Waals surface area contributed by atoms with Crippen molar-refractivity contribution in [1.82, 2.24) is 0 Å². The van der Waals surface area contributed by atoms with Gasteiger partial charge in [0.05, 0.1) is 18.3 Å². The largest absolute Gasteiger partial charge is 0.392 e. The van der Waals surface area contributed by atoms with Gasteiger partial charge in [0, 0.05) is 11.8 Å². The van der Waals surface area contributed by atoms with Crippen LogP contribution in [0.25, 0.3) is 6.08 Å². The van der Waals surface area contributed by atoms with E-state index in [-0.39, 0.29) is 38.5 Å². The molecule has 0 aliphatic rings. The van der Waals surface area contributed by atoms with Gasteiger partial charge in [-0.25, -0.2) is 0 Å². The molecular formula is C36H58O7S2. The molecule has 0 aromatic heterocycles. The van der Waals surface area contributed by atoms with Crippen molar-refractivity contribution in [3.05, 3.63) is 103 Å². The molecule has 0 bridgehead atoms. The molecule has 2 aromatic carbocycles. The quantitative estimate of drug-likeness (QED) is 0.194. The molecule has 0 aliphatic carbocycles. The Morgan fingerprint density at radius 2 is 1.07 bits per heavy atom. The molecule has 0 unspecified atom stereocenters. The average molecular weight is 667 g/mol. The molecular weight excluding hydrogens is 609 g/mol. The first kappa shape index (κ1) is 49.1. The third kappa shape index (κ3) is 21.5. The predicted octanol–water partition coefficient (Wildman–Crippen LogP) is 7.13. The van der Waals surface area contributed by atoms with Gasteiger partial charge in [-0.1, -0.05) is 141 Å². The van der Waals surface area contributed by atoms with Crippen molar-refractivity contribution in [1.29, 1.82) is 0 Å². The van der Waals surface area contributed by atoms with E-state index in [0.29, 0.717) is 11.8 Å². The van der Waals surface area contributed by atoms with Gasteiger partial charge in [0.15, 0.2) is 0 Å². The van der Waals surface area contributed by atoms with Crippen LogP contribution in [0, 0.1) is 35.5 Å². The Labute approximate surface area is 280 Å². The number of rotatable bonds is 13. The van der Waals surface area contributed by atoms with Crippen molar-refractivity contribution < 1.29 is 32.2 Å². The Balaban J connectivity index is -0.000000306. The number of allylic oxidation sites excluding steroid dienone is 1. The molecule has 3 N–H and O–H groups in total. The summed E-state index contributed by atoms with van der Waals surface area (Å²) >= 11 is -1.50. The molecule has 0 spiro atoms. The summed E-state index contributed by atoms with van der Waals surface area (Å²) in [6.45, 7) is 19.7. The second-order valence-corrected chi connectivity index (χ2v) is 11.1. The van der Waals surface area contributed by atoms with Crippen LogP contribution in [0.4, 0.5) is 0 Å². The van der Waals surface area contributed by atoms with E-state index in [1.807, 2.05) is 87.5 Å². The summed E-state index contributed by atoms with van der Waals surface area (Å²) in [5, 5.41) is 30.7. The molecule has 0 amide bonds. The van der Waals surface area contributed by atoms with Gasteiger partial charge in [-0.15, -0.1) is 13.2 Å². The molecule has 7 nitrogen and oxygen atoms in total. The minimum atomic E-state index is -0.750. The van der Waals surface area contributed by atoms with Crippen LogP contribution >= 0.6 is 0 Å². The first-order valence-electron chi connectivity index (χ1n) is 14.3. The van der Waals surface area contributed by atoms with Gasteiger partial charge in [-0.2, -0.15) is 16.8 Å². The summed E-state index contributed by atoms with van der Waals surface area (Å²) in [5.41, 5.74) is 2.33. The Morgan fingerprint density at radius 3 is 1.49 bits per heavy atom. The van der Waals surface area contributed by atoms with Crippen molar-refractivity contribution in [3.8, 4) is 0 Å². The zero-order chi connectivity index (χ0) is 33.4. The summed E-state index contributed by atoms with van der Waals surface area (Å²) in [5.74, 6) is 1.00. The second-order valence-electron chi connectivity index (χ2n) is 10.8. The van der Waals surface area contributed by atoms with Crippen LogP contribution in [0.2, 0.25) is 0 Å². The highest BCUT2D eigenvalue weighted by atomic mass is 32.1. The maximum Gasteiger partial charge on any atom is 0.335 e. The summed E-state index contributed by atoms with van der Waals surface area (Å²) < 4.78 is 33.2. The summed E-state index contributed by atoms with van der Waals surface area (Å²) in [7, 11) is 0. The Hall–Kier alpha value is -2.82. The summed E-state index contributed by atoms with van der Waals surface area (Å²) in [4.78, 5) is 0. The van der Waals surface area contributed by atoms with Crippen LogP contribution in [0.15, 0.2) is 92.0 Å². The molecule has 9 heteroatoms. The average Bonchev–Trinajstić information content (AvgIpc) is 3.02. The van der Waals surface area contributed by atoms with Crippen LogP contribution in [-0.2, 0) is 29.6 Å². The van der Waals surface area contributed by atoms with Crippen LogP contribution in [0.5, 0.6) is 0 Å². The molecule has 0 heterocycles. The Kier molecular flexibility index (Phi) is 32.6. The second kappa shape index (κ2) is 29.9. The minimum Gasteiger partial charge on any atom is -0.392 e. The van der Waals surface area contributed by atoms with Gasteiger partial charge in [0.25, 0.3) is 0 Å². The first-order chi connectivity index (χ1) is 20.4. The van der Waals surface area contributed by atoms with Gasteiger partial charge in [0.2, 0.25) is 0 Å². The molecule has 0 fully saturated rings. The molecule has 45 heavy (non-hydrogen) atoms. The minimum absolute atomic E-state index is 0. The Morgan fingerprint density at radius 1 is 0.644 bits per heavy atom. The van der Waals surface area contributed by atoms with E-state index in [4.69, 9.17) is 16.8 Å². The highest BCUT2D eigenvalue weighted by Crippen LogP contribution is 2.25. The molecule has 0 aliphatic heterocycles. The normalized spacial score (nSPS) is 15.9. The predicted molar refractivity (Wildman–Crippen MR) is 190 cm³/mol. The third-order valence-corrected chi connectivity index (χ3v) is 7.83. The number of aliphatic hydroxyl groups is 3. The maximum atomic E-state index is 10.4. The molecule has 9 atom stereocenters. The van der Waals surface area contributed by atoms with Crippen LogP contribution in [-0.4, -0.2) is 50.5 Å². The van der Waals surface area contributed by atoms with Crippen molar-refractivity contribution in [2.24, 2.45) is 35.5 Å². The molecule has 2 aromatic rings. The fraction of sp³-hybridized carbons (Fsp3) is 0.500. The van der Waals surface area contributed by atoms with Gasteiger partial charge < -0.3 is 15.3 Å². The van der Waals surface area contributed by atoms with E-state index in [0.717, 1.165) is 12.0 Å². The molecule has 0 radical (unpaired) electrons. The maximum absolute atomic E-state index is 10.4. The van der Waals surface area contributed by atoms with Crippen LogP contribution in [0.1, 0.15) is 67.5 Å². The highest BCUT2D eigenvalue weighted by molar-refractivity contribution is 7.51. The molecule has 0 saturated heterocycles. The Bertz CT molecular complexity index is 1090. The fourth-order valence-corrected chi connectivity index (χ4v) is 4.40. The zero-order valence-electron chi connectivity index (χ0n) is 26.2. The van der Waals surface area contributed by atoms with E-state index in [1.165, 1.54) is 5.56 Å². The summed E-state index contributed by atoms with van der Waals surface area (Å²) in [6, 6.07) is 20.2.